The van der Waals surface area contributed by atoms with E-state index < -0.39 is 0 Å². The standard InChI is InChI=1S/C27H28FN7O2/c1-34(2)14-22-20(31-17-8-10-37-15-17)5-6-24(33-22)32-21-4-3-18(19-12-30-27(36)26(19)21)23-13-29-25-11-16(28)7-9-35(23)25/h3-7,9,11,13,17,31H,8,10,12,14-15H2,1-2H3,(H,30,36)(H,32,33)/t17-/m1/s1. The number of anilines is 3. The fraction of sp³-hybridized carbons (Fsp3) is 0.296. The van der Waals surface area contributed by atoms with E-state index in [9.17, 15) is 9.18 Å². The molecule has 0 spiro atoms. The number of amides is 1. The predicted octanol–water partition coefficient (Wildman–Crippen LogP) is 3.78. The van der Waals surface area contributed by atoms with Crippen molar-refractivity contribution >= 4 is 28.7 Å². The Morgan fingerprint density at radius 1 is 1.22 bits per heavy atom. The summed E-state index contributed by atoms with van der Waals surface area (Å²) in [5.41, 5.74) is 6.21. The number of aromatic nitrogens is 3. The van der Waals surface area contributed by atoms with Crippen molar-refractivity contribution in [1.82, 2.24) is 24.6 Å². The van der Waals surface area contributed by atoms with Gasteiger partial charge in [0.05, 0.1) is 47.2 Å². The lowest BCUT2D eigenvalue weighted by Gasteiger charge is -2.19. The summed E-state index contributed by atoms with van der Waals surface area (Å²) in [6.45, 7) is 2.52. The normalized spacial score (nSPS) is 16.9. The fourth-order valence-corrected chi connectivity index (χ4v) is 4.98. The van der Waals surface area contributed by atoms with Crippen LogP contribution in [0.2, 0.25) is 0 Å². The first kappa shape index (κ1) is 23.4. The number of ether oxygens (including phenoxy) is 1. The molecular formula is C27H28FN7O2. The van der Waals surface area contributed by atoms with Crippen molar-refractivity contribution in [2.75, 3.05) is 37.9 Å². The van der Waals surface area contributed by atoms with E-state index in [1.165, 1.54) is 12.1 Å². The van der Waals surface area contributed by atoms with E-state index in [0.717, 1.165) is 41.2 Å². The van der Waals surface area contributed by atoms with Crippen LogP contribution in [0, 0.1) is 5.82 Å². The Balaban J connectivity index is 1.35. The summed E-state index contributed by atoms with van der Waals surface area (Å²) in [4.78, 5) is 24.2. The molecule has 1 saturated heterocycles. The minimum absolute atomic E-state index is 0.146. The average molecular weight is 502 g/mol. The molecule has 2 aliphatic heterocycles. The summed E-state index contributed by atoms with van der Waals surface area (Å²) >= 11 is 0. The van der Waals surface area contributed by atoms with Gasteiger partial charge in [-0.1, -0.05) is 6.07 Å². The number of carbonyl (C=O) groups is 1. The molecule has 6 rings (SSSR count). The first-order chi connectivity index (χ1) is 18.0. The third-order valence-electron chi connectivity index (χ3n) is 6.71. The number of rotatable bonds is 7. The third kappa shape index (κ3) is 4.49. The van der Waals surface area contributed by atoms with Crippen LogP contribution >= 0.6 is 0 Å². The molecule has 1 aromatic carbocycles. The van der Waals surface area contributed by atoms with Crippen LogP contribution in [0.1, 0.15) is 28.0 Å². The van der Waals surface area contributed by atoms with E-state index in [1.807, 2.05) is 42.8 Å². The van der Waals surface area contributed by atoms with Gasteiger partial charge in [-0.25, -0.2) is 14.4 Å². The molecule has 1 fully saturated rings. The monoisotopic (exact) mass is 501 g/mol. The number of nitrogens with zero attached hydrogens (tertiary/aromatic N) is 4. The number of halogens is 1. The van der Waals surface area contributed by atoms with Gasteiger partial charge in [-0.2, -0.15) is 0 Å². The van der Waals surface area contributed by atoms with E-state index in [-0.39, 0.29) is 17.8 Å². The van der Waals surface area contributed by atoms with Crippen LogP contribution in [0.3, 0.4) is 0 Å². The molecule has 3 aromatic heterocycles. The molecule has 3 N–H and O–H groups in total. The summed E-state index contributed by atoms with van der Waals surface area (Å²) in [6, 6.07) is 10.9. The summed E-state index contributed by atoms with van der Waals surface area (Å²) < 4.78 is 21.0. The molecular weight excluding hydrogens is 473 g/mol. The molecule has 9 nitrogen and oxygen atoms in total. The van der Waals surface area contributed by atoms with E-state index in [1.54, 1.807) is 12.4 Å². The third-order valence-corrected chi connectivity index (χ3v) is 6.71. The molecule has 2 aliphatic rings. The van der Waals surface area contributed by atoms with Gasteiger partial charge in [0.25, 0.3) is 5.91 Å². The molecule has 0 aliphatic carbocycles. The van der Waals surface area contributed by atoms with Crippen LogP contribution in [-0.2, 0) is 17.8 Å². The summed E-state index contributed by atoms with van der Waals surface area (Å²) in [5.74, 6) is 0.169. The maximum absolute atomic E-state index is 13.7. The van der Waals surface area contributed by atoms with Crippen molar-refractivity contribution in [2.45, 2.75) is 25.6 Å². The van der Waals surface area contributed by atoms with Gasteiger partial charge < -0.3 is 25.6 Å². The summed E-state index contributed by atoms with van der Waals surface area (Å²) in [6.07, 6.45) is 4.33. The van der Waals surface area contributed by atoms with Crippen LogP contribution in [0.25, 0.3) is 16.9 Å². The van der Waals surface area contributed by atoms with Gasteiger partial charge in [0.1, 0.15) is 17.3 Å². The quantitative estimate of drug-likeness (QED) is 0.355. The molecule has 0 saturated carbocycles. The van der Waals surface area contributed by atoms with Crippen molar-refractivity contribution in [3.8, 4) is 11.3 Å². The van der Waals surface area contributed by atoms with Gasteiger partial charge in [-0.15, -0.1) is 0 Å². The van der Waals surface area contributed by atoms with E-state index in [2.05, 4.69) is 25.8 Å². The van der Waals surface area contributed by atoms with Gasteiger partial charge in [0, 0.05) is 37.5 Å². The van der Waals surface area contributed by atoms with Crippen molar-refractivity contribution in [3.05, 3.63) is 71.4 Å². The average Bonchev–Trinajstić information content (AvgIpc) is 3.61. The van der Waals surface area contributed by atoms with Crippen LogP contribution in [-0.4, -0.2) is 58.5 Å². The van der Waals surface area contributed by atoms with Gasteiger partial charge >= 0.3 is 0 Å². The molecule has 0 bridgehead atoms. The smallest absolute Gasteiger partial charge is 0.254 e. The van der Waals surface area contributed by atoms with E-state index in [4.69, 9.17) is 9.72 Å². The Hall–Kier alpha value is -4.02. The Kier molecular flexibility index (Phi) is 5.97. The zero-order valence-electron chi connectivity index (χ0n) is 20.7. The minimum Gasteiger partial charge on any atom is -0.379 e. The topological polar surface area (TPSA) is 95.8 Å². The van der Waals surface area contributed by atoms with Gasteiger partial charge in [0.2, 0.25) is 0 Å². The zero-order chi connectivity index (χ0) is 25.5. The second-order valence-corrected chi connectivity index (χ2v) is 9.67. The Morgan fingerprint density at radius 2 is 2.08 bits per heavy atom. The zero-order valence-corrected chi connectivity index (χ0v) is 20.7. The van der Waals surface area contributed by atoms with E-state index in [0.29, 0.717) is 42.4 Å². The first-order valence-electron chi connectivity index (χ1n) is 12.3. The summed E-state index contributed by atoms with van der Waals surface area (Å²) in [5, 5.41) is 9.87. The highest BCUT2D eigenvalue weighted by Crippen LogP contribution is 2.35. The van der Waals surface area contributed by atoms with Gasteiger partial charge in [0.15, 0.2) is 0 Å². The van der Waals surface area contributed by atoms with Crippen LogP contribution in [0.4, 0.5) is 21.6 Å². The molecule has 1 atom stereocenters. The minimum atomic E-state index is -0.342. The number of carbonyl (C=O) groups excluding carboxylic acids is 1. The number of hydrogen-bond acceptors (Lipinski definition) is 7. The first-order valence-corrected chi connectivity index (χ1v) is 12.3. The van der Waals surface area contributed by atoms with Crippen LogP contribution in [0.5, 0.6) is 0 Å². The lowest BCUT2D eigenvalue weighted by Crippen LogP contribution is -2.22. The lowest BCUT2D eigenvalue weighted by atomic mass is 9.99. The number of imidazole rings is 1. The highest BCUT2D eigenvalue weighted by Gasteiger charge is 2.27. The number of nitrogens with one attached hydrogen (secondary N) is 3. The molecule has 0 unspecified atom stereocenters. The van der Waals surface area contributed by atoms with Crippen LogP contribution < -0.4 is 16.0 Å². The van der Waals surface area contributed by atoms with Crippen molar-refractivity contribution < 1.29 is 13.9 Å². The predicted molar refractivity (Wildman–Crippen MR) is 140 cm³/mol. The molecule has 5 heterocycles. The van der Waals surface area contributed by atoms with Crippen molar-refractivity contribution in [1.29, 1.82) is 0 Å². The van der Waals surface area contributed by atoms with Crippen molar-refractivity contribution in [3.63, 3.8) is 0 Å². The number of pyridine rings is 2. The largest absolute Gasteiger partial charge is 0.379 e. The molecule has 37 heavy (non-hydrogen) atoms. The van der Waals surface area contributed by atoms with Gasteiger partial charge in [-0.05, 0) is 50.3 Å². The number of hydrogen-bond donors (Lipinski definition) is 3. The molecule has 4 aromatic rings. The lowest BCUT2D eigenvalue weighted by molar-refractivity contribution is 0.0966. The second-order valence-electron chi connectivity index (χ2n) is 9.67. The highest BCUT2D eigenvalue weighted by molar-refractivity contribution is 6.06. The highest BCUT2D eigenvalue weighted by atomic mass is 19.1. The maximum atomic E-state index is 13.7. The molecule has 1 amide bonds. The van der Waals surface area contributed by atoms with Gasteiger partial charge in [-0.3, -0.25) is 9.20 Å². The SMILES string of the molecule is CN(C)Cc1nc(Nc2ccc(-c3cnc4cc(F)ccn34)c3c2C(=O)NC3)ccc1N[C@@H]1CCOC1. The molecule has 10 heteroatoms. The fourth-order valence-electron chi connectivity index (χ4n) is 4.98. The number of fused-ring (bicyclic) bond motifs is 2. The second kappa shape index (κ2) is 9.45. The Morgan fingerprint density at radius 3 is 2.89 bits per heavy atom. The van der Waals surface area contributed by atoms with E-state index >= 15 is 0 Å². The van der Waals surface area contributed by atoms with Crippen LogP contribution in [0.15, 0.2) is 48.8 Å². The number of benzene rings is 1. The molecule has 0 radical (unpaired) electrons. The molecule has 190 valence electrons. The Bertz CT molecular complexity index is 1490. The Labute approximate surface area is 213 Å². The maximum Gasteiger partial charge on any atom is 0.254 e. The summed E-state index contributed by atoms with van der Waals surface area (Å²) in [7, 11) is 4.02. The van der Waals surface area contributed by atoms with Crippen molar-refractivity contribution in [2.24, 2.45) is 0 Å².